The number of benzene rings is 1. The summed E-state index contributed by atoms with van der Waals surface area (Å²) in [7, 11) is -2.00. The summed E-state index contributed by atoms with van der Waals surface area (Å²) in [5.41, 5.74) is 2.15. The van der Waals surface area contributed by atoms with Crippen molar-refractivity contribution in [3.8, 4) is 0 Å². The van der Waals surface area contributed by atoms with Gasteiger partial charge in [-0.05, 0) is 43.2 Å². The van der Waals surface area contributed by atoms with Crippen molar-refractivity contribution in [2.45, 2.75) is 25.3 Å². The van der Waals surface area contributed by atoms with Crippen LogP contribution in [0.15, 0.2) is 41.4 Å². The molecule has 1 aromatic heterocycles. The maximum Gasteiger partial charge on any atom is 0.253 e. The number of rotatable bonds is 6. The van der Waals surface area contributed by atoms with Gasteiger partial charge in [-0.2, -0.15) is 0 Å². The summed E-state index contributed by atoms with van der Waals surface area (Å²) in [6, 6.07) is 8.95. The zero-order valence-electron chi connectivity index (χ0n) is 14.5. The first-order valence-electron chi connectivity index (χ1n) is 7.80. The number of nitrogens with zero attached hydrogens (tertiary/aromatic N) is 2. The lowest BCUT2D eigenvalue weighted by atomic mass is 10.1. The molecular formula is C17H22N4O3S. The molecule has 7 nitrogen and oxygen atoms in total. The highest BCUT2D eigenvalue weighted by atomic mass is 32.2. The van der Waals surface area contributed by atoms with Gasteiger partial charge in [0.25, 0.3) is 5.91 Å². The first kappa shape index (κ1) is 18.9. The van der Waals surface area contributed by atoms with E-state index in [0.29, 0.717) is 30.0 Å². The van der Waals surface area contributed by atoms with Gasteiger partial charge in [-0.1, -0.05) is 12.1 Å². The zero-order chi connectivity index (χ0) is 18.6. The molecule has 2 rings (SSSR count). The number of amides is 1. The molecule has 134 valence electrons. The highest BCUT2D eigenvalue weighted by Gasteiger charge is 2.13. The summed E-state index contributed by atoms with van der Waals surface area (Å²) in [5, 5.41) is 8.24. The SMILES string of the molecule is CCN(C)C(=O)c1ccc(CNc2cc(C)c(S(N)(=O)=O)cn2)cc1. The summed E-state index contributed by atoms with van der Waals surface area (Å²) in [4.78, 5) is 17.8. The second-order valence-electron chi connectivity index (χ2n) is 5.75. The summed E-state index contributed by atoms with van der Waals surface area (Å²) >= 11 is 0. The Balaban J connectivity index is 2.04. The molecule has 0 saturated carbocycles. The minimum atomic E-state index is -3.77. The van der Waals surface area contributed by atoms with E-state index in [4.69, 9.17) is 5.14 Å². The number of sulfonamides is 1. The van der Waals surface area contributed by atoms with Gasteiger partial charge < -0.3 is 10.2 Å². The standard InChI is InChI=1S/C17H22N4O3S/c1-4-21(3)17(22)14-7-5-13(6-8-14)10-19-16-9-12(2)15(11-20-16)25(18,23)24/h5-9,11H,4,10H2,1-3H3,(H,19,20)(H2,18,23,24). The number of nitrogens with two attached hydrogens (primary N) is 1. The van der Waals surface area contributed by atoms with Gasteiger partial charge in [0, 0.05) is 31.9 Å². The third-order valence-corrected chi connectivity index (χ3v) is 4.91. The van der Waals surface area contributed by atoms with Crippen LogP contribution in [0.5, 0.6) is 0 Å². The molecule has 25 heavy (non-hydrogen) atoms. The van der Waals surface area contributed by atoms with Crippen LogP contribution in [0.4, 0.5) is 5.82 Å². The van der Waals surface area contributed by atoms with Crippen molar-refractivity contribution in [1.82, 2.24) is 9.88 Å². The summed E-state index contributed by atoms with van der Waals surface area (Å²) in [5.74, 6) is 0.536. The molecule has 3 N–H and O–H groups in total. The molecule has 1 amide bonds. The number of primary sulfonamides is 1. The van der Waals surface area contributed by atoms with Crippen LogP contribution in [-0.2, 0) is 16.6 Å². The van der Waals surface area contributed by atoms with E-state index in [-0.39, 0.29) is 10.8 Å². The summed E-state index contributed by atoms with van der Waals surface area (Å²) < 4.78 is 22.8. The van der Waals surface area contributed by atoms with Gasteiger partial charge >= 0.3 is 0 Å². The van der Waals surface area contributed by atoms with E-state index in [9.17, 15) is 13.2 Å². The number of hydrogen-bond donors (Lipinski definition) is 2. The molecule has 0 radical (unpaired) electrons. The molecule has 0 fully saturated rings. The molecule has 2 aromatic rings. The molecule has 0 unspecified atom stereocenters. The summed E-state index contributed by atoms with van der Waals surface area (Å²) in [6.45, 7) is 4.74. The van der Waals surface area contributed by atoms with Gasteiger partial charge in [-0.15, -0.1) is 0 Å². The highest BCUT2D eigenvalue weighted by Crippen LogP contribution is 2.16. The number of carbonyl (C=O) groups is 1. The smallest absolute Gasteiger partial charge is 0.253 e. The van der Waals surface area contributed by atoms with Crippen molar-refractivity contribution in [3.63, 3.8) is 0 Å². The lowest BCUT2D eigenvalue weighted by molar-refractivity contribution is 0.0802. The molecule has 1 aromatic carbocycles. The predicted molar refractivity (Wildman–Crippen MR) is 96.8 cm³/mol. The number of aryl methyl sites for hydroxylation is 1. The molecule has 0 atom stereocenters. The number of pyridine rings is 1. The van der Waals surface area contributed by atoms with Gasteiger partial charge in [0.05, 0.1) is 0 Å². The Hall–Kier alpha value is -2.45. The largest absolute Gasteiger partial charge is 0.366 e. The van der Waals surface area contributed by atoms with E-state index in [1.165, 1.54) is 6.20 Å². The van der Waals surface area contributed by atoms with Crippen LogP contribution in [0.3, 0.4) is 0 Å². The highest BCUT2D eigenvalue weighted by molar-refractivity contribution is 7.89. The van der Waals surface area contributed by atoms with Crippen molar-refractivity contribution in [1.29, 1.82) is 0 Å². The Morgan fingerprint density at radius 2 is 1.92 bits per heavy atom. The molecule has 0 aliphatic heterocycles. The maximum atomic E-state index is 12.1. The maximum absolute atomic E-state index is 12.1. The van der Waals surface area contributed by atoms with Crippen molar-refractivity contribution in [3.05, 3.63) is 53.2 Å². The average Bonchev–Trinajstić information content (AvgIpc) is 2.58. The first-order chi connectivity index (χ1) is 11.7. The fraction of sp³-hybridized carbons (Fsp3) is 0.294. The number of anilines is 1. The Kier molecular flexibility index (Phi) is 5.76. The van der Waals surface area contributed by atoms with Gasteiger partial charge in [0.1, 0.15) is 10.7 Å². The fourth-order valence-electron chi connectivity index (χ4n) is 2.26. The predicted octanol–water partition coefficient (Wildman–Crippen LogP) is 1.74. The fourth-order valence-corrected chi connectivity index (χ4v) is 2.97. The Morgan fingerprint density at radius 3 is 2.44 bits per heavy atom. The first-order valence-corrected chi connectivity index (χ1v) is 9.34. The van der Waals surface area contributed by atoms with Gasteiger partial charge in [-0.3, -0.25) is 4.79 Å². The second-order valence-corrected chi connectivity index (χ2v) is 7.28. The van der Waals surface area contributed by atoms with Crippen LogP contribution in [-0.4, -0.2) is 37.8 Å². The van der Waals surface area contributed by atoms with Crippen LogP contribution >= 0.6 is 0 Å². The van der Waals surface area contributed by atoms with Crippen molar-refractivity contribution < 1.29 is 13.2 Å². The van der Waals surface area contributed by atoms with Crippen LogP contribution < -0.4 is 10.5 Å². The van der Waals surface area contributed by atoms with Gasteiger partial charge in [0.2, 0.25) is 10.0 Å². The molecular weight excluding hydrogens is 340 g/mol. The minimum Gasteiger partial charge on any atom is -0.366 e. The number of carbonyl (C=O) groups excluding carboxylic acids is 1. The van der Waals surface area contributed by atoms with Gasteiger partial charge in [0.15, 0.2) is 0 Å². The topological polar surface area (TPSA) is 105 Å². The molecule has 0 saturated heterocycles. The van der Waals surface area contributed by atoms with Crippen LogP contribution in [0.1, 0.15) is 28.4 Å². The van der Waals surface area contributed by atoms with E-state index < -0.39 is 10.0 Å². The molecule has 0 aliphatic carbocycles. The molecule has 8 heteroatoms. The minimum absolute atomic E-state index is 0.0148. The summed E-state index contributed by atoms with van der Waals surface area (Å²) in [6.07, 6.45) is 1.25. The Morgan fingerprint density at radius 1 is 1.28 bits per heavy atom. The molecule has 1 heterocycles. The third-order valence-electron chi connectivity index (χ3n) is 3.86. The van der Waals surface area contributed by atoms with E-state index in [0.717, 1.165) is 5.56 Å². The lowest BCUT2D eigenvalue weighted by Crippen LogP contribution is -2.26. The normalized spacial score (nSPS) is 11.2. The van der Waals surface area contributed by atoms with E-state index in [1.807, 2.05) is 19.1 Å². The average molecular weight is 362 g/mol. The zero-order valence-corrected chi connectivity index (χ0v) is 15.3. The monoisotopic (exact) mass is 362 g/mol. The van der Waals surface area contributed by atoms with Crippen molar-refractivity contribution in [2.75, 3.05) is 18.9 Å². The Bertz CT molecular complexity index is 864. The van der Waals surface area contributed by atoms with Gasteiger partial charge in [-0.25, -0.2) is 18.5 Å². The van der Waals surface area contributed by atoms with E-state index >= 15 is 0 Å². The van der Waals surface area contributed by atoms with E-state index in [2.05, 4.69) is 10.3 Å². The number of hydrogen-bond acceptors (Lipinski definition) is 5. The second kappa shape index (κ2) is 7.62. The molecule has 0 aliphatic rings. The molecule has 0 spiro atoms. The number of nitrogens with one attached hydrogen (secondary N) is 1. The Labute approximate surface area is 147 Å². The quantitative estimate of drug-likeness (QED) is 0.814. The van der Waals surface area contributed by atoms with E-state index in [1.54, 1.807) is 37.1 Å². The number of aromatic nitrogens is 1. The van der Waals surface area contributed by atoms with Crippen LogP contribution in [0, 0.1) is 6.92 Å². The lowest BCUT2D eigenvalue weighted by Gasteiger charge is -2.14. The van der Waals surface area contributed by atoms with Crippen LogP contribution in [0.2, 0.25) is 0 Å². The molecule has 0 bridgehead atoms. The van der Waals surface area contributed by atoms with Crippen molar-refractivity contribution in [2.24, 2.45) is 5.14 Å². The van der Waals surface area contributed by atoms with Crippen LogP contribution in [0.25, 0.3) is 0 Å². The third kappa shape index (κ3) is 4.77. The van der Waals surface area contributed by atoms with Crippen molar-refractivity contribution >= 4 is 21.7 Å².